The van der Waals surface area contributed by atoms with E-state index in [-0.39, 0.29) is 58.1 Å². The number of carbonyl (C=O) groups is 3. The van der Waals surface area contributed by atoms with Crippen LogP contribution in [0.25, 0.3) is 0 Å². The Bertz CT molecular complexity index is 1980. The fraction of sp³-hybridized carbons (Fsp3) is 0.294. The van der Waals surface area contributed by atoms with Gasteiger partial charge in [-0.25, -0.2) is 0 Å². The summed E-state index contributed by atoms with van der Waals surface area (Å²) in [7, 11) is 1.57. The first-order chi connectivity index (χ1) is 22.7. The van der Waals surface area contributed by atoms with Crippen LogP contribution >= 0.6 is 46.3 Å². The van der Waals surface area contributed by atoms with Crippen LogP contribution in [0.1, 0.15) is 22.8 Å². The van der Waals surface area contributed by atoms with Gasteiger partial charge in [-0.15, -0.1) is 11.8 Å². The highest BCUT2D eigenvalue weighted by Gasteiger charge is 2.69. The molecular formula is C34H27Cl2N3O6S2. The van der Waals surface area contributed by atoms with Gasteiger partial charge in [0, 0.05) is 37.3 Å². The average molecular weight is 709 g/mol. The number of imide groups is 1. The number of hydrogen-bond donors (Lipinski definition) is 2. The second-order valence-corrected chi connectivity index (χ2v) is 15.3. The molecule has 2 aliphatic carbocycles. The third-order valence-corrected chi connectivity index (χ3v) is 12.9. The van der Waals surface area contributed by atoms with E-state index in [0.29, 0.717) is 32.9 Å². The standard InChI is InChI=1S/C34H27Cl2N3O6S2/c1-44-19-9-5-17(6-10-19)37-24(40)14-45-23-11-4-16(36)12-20(23)25-26-21-13-22(29(26)46-31-30(25)47-34(43)38-31)28-27(21)32(41)39(33(28)42)18-7-2-15(35)3-8-18/h2-12,21-22,25-29H,13-14H2,1H3,(H,37,40)(H,38,43)/t21?,22?,25-,26?,27?,28?,29?/m1/s1. The van der Waals surface area contributed by atoms with Crippen LogP contribution in [-0.2, 0) is 14.4 Å². The number of thioether (sulfide) groups is 1. The molecule has 2 saturated carbocycles. The number of halogens is 2. The lowest BCUT2D eigenvalue weighted by Gasteiger charge is -2.43. The first kappa shape index (κ1) is 30.6. The molecule has 2 bridgehead atoms. The Morgan fingerprint density at radius 3 is 2.38 bits per heavy atom. The van der Waals surface area contributed by atoms with Gasteiger partial charge in [-0.3, -0.25) is 24.1 Å². The van der Waals surface area contributed by atoms with Gasteiger partial charge in [0.1, 0.15) is 11.5 Å². The predicted octanol–water partition coefficient (Wildman–Crippen LogP) is 6.45. The van der Waals surface area contributed by atoms with Crippen LogP contribution in [0.5, 0.6) is 11.5 Å². The van der Waals surface area contributed by atoms with E-state index < -0.39 is 11.8 Å². The third kappa shape index (κ3) is 5.06. The van der Waals surface area contributed by atoms with Crippen molar-refractivity contribution in [3.05, 3.63) is 96.9 Å². The van der Waals surface area contributed by atoms with E-state index in [4.69, 9.17) is 32.7 Å². The summed E-state index contributed by atoms with van der Waals surface area (Å²) in [6.45, 7) is -0.258. The molecule has 47 heavy (non-hydrogen) atoms. The van der Waals surface area contributed by atoms with Crippen molar-refractivity contribution in [1.82, 2.24) is 4.98 Å². The molecular weight excluding hydrogens is 681 g/mol. The van der Waals surface area contributed by atoms with Crippen molar-refractivity contribution in [2.45, 2.75) is 22.6 Å². The fourth-order valence-corrected chi connectivity index (χ4v) is 11.3. The number of anilines is 2. The zero-order valence-corrected chi connectivity index (χ0v) is 27.9. The van der Waals surface area contributed by atoms with Crippen LogP contribution in [-0.4, -0.2) is 41.7 Å². The Hall–Kier alpha value is -3.77. The van der Waals surface area contributed by atoms with Crippen molar-refractivity contribution in [2.75, 3.05) is 23.9 Å². The molecule has 2 N–H and O–H groups in total. The summed E-state index contributed by atoms with van der Waals surface area (Å²) in [5.74, 6) is -1.02. The molecule has 7 atom stereocenters. The molecule has 6 unspecified atom stereocenters. The quantitative estimate of drug-likeness (QED) is 0.212. The smallest absolute Gasteiger partial charge is 0.305 e. The third-order valence-electron chi connectivity index (χ3n) is 9.85. The highest BCUT2D eigenvalue weighted by atomic mass is 35.5. The molecule has 0 radical (unpaired) electrons. The number of methoxy groups -OCH3 is 1. The van der Waals surface area contributed by atoms with Gasteiger partial charge < -0.3 is 19.8 Å². The van der Waals surface area contributed by atoms with Crippen molar-refractivity contribution in [1.29, 1.82) is 0 Å². The van der Waals surface area contributed by atoms with Crippen molar-refractivity contribution in [3.8, 4) is 11.5 Å². The fourth-order valence-electron chi connectivity index (χ4n) is 8.12. The van der Waals surface area contributed by atoms with E-state index in [1.807, 2.05) is 6.07 Å². The van der Waals surface area contributed by atoms with Gasteiger partial charge in [0.2, 0.25) is 11.8 Å². The zero-order chi connectivity index (χ0) is 32.6. The second kappa shape index (κ2) is 11.7. The number of benzene rings is 3. The van der Waals surface area contributed by atoms with Crippen LogP contribution in [0.4, 0.5) is 11.4 Å². The van der Waals surface area contributed by atoms with Gasteiger partial charge in [0.05, 0.1) is 29.7 Å². The number of nitrogens with one attached hydrogen (secondary N) is 2. The molecule has 8 rings (SSSR count). The molecule has 0 spiro atoms. The van der Waals surface area contributed by atoms with Crippen molar-refractivity contribution >= 4 is 75.4 Å². The Morgan fingerprint density at radius 1 is 0.957 bits per heavy atom. The van der Waals surface area contributed by atoms with Crippen LogP contribution in [0.3, 0.4) is 0 Å². The molecule has 3 aromatic carbocycles. The number of aromatic amines is 1. The number of nitrogens with zero attached hydrogens (tertiary/aromatic N) is 1. The Labute approximate surface area is 287 Å². The highest BCUT2D eigenvalue weighted by Crippen LogP contribution is 2.69. The van der Waals surface area contributed by atoms with E-state index in [2.05, 4.69) is 10.3 Å². The molecule has 1 saturated heterocycles. The number of ether oxygens (including phenoxy) is 2. The van der Waals surface area contributed by atoms with Crippen LogP contribution < -0.4 is 24.6 Å². The zero-order valence-electron chi connectivity index (χ0n) is 24.8. The number of hydrogen-bond acceptors (Lipinski definition) is 8. The maximum absolute atomic E-state index is 14.0. The van der Waals surface area contributed by atoms with Gasteiger partial charge in [-0.05, 0) is 90.9 Å². The van der Waals surface area contributed by atoms with Gasteiger partial charge in [-0.2, -0.15) is 0 Å². The first-order valence-electron chi connectivity index (χ1n) is 15.1. The maximum atomic E-state index is 14.0. The highest BCUT2D eigenvalue weighted by molar-refractivity contribution is 8.00. The molecule has 4 aliphatic rings. The molecule has 240 valence electrons. The molecule has 9 nitrogen and oxygen atoms in total. The summed E-state index contributed by atoms with van der Waals surface area (Å²) < 4.78 is 11.3. The normalized spacial score (nSPS) is 27.0. The van der Waals surface area contributed by atoms with Gasteiger partial charge >= 0.3 is 4.87 Å². The van der Waals surface area contributed by atoms with Gasteiger partial charge in [0.15, 0.2) is 6.61 Å². The minimum Gasteiger partial charge on any atom is -0.497 e. The van der Waals surface area contributed by atoms with E-state index in [1.165, 1.54) is 4.90 Å². The number of rotatable bonds is 7. The summed E-state index contributed by atoms with van der Waals surface area (Å²) in [6.07, 6.45) is 0.736. The van der Waals surface area contributed by atoms with Gasteiger partial charge in [-0.1, -0.05) is 34.5 Å². The first-order valence-corrected chi connectivity index (χ1v) is 17.6. The molecule has 3 amide bonds. The molecule has 1 aromatic heterocycles. The molecule has 13 heteroatoms. The average Bonchev–Trinajstić information content (AvgIpc) is 3.80. The minimum absolute atomic E-state index is 0.0175. The maximum Gasteiger partial charge on any atom is 0.305 e. The Morgan fingerprint density at radius 2 is 1.66 bits per heavy atom. The topological polar surface area (TPSA) is 118 Å². The van der Waals surface area contributed by atoms with E-state index in [9.17, 15) is 19.2 Å². The van der Waals surface area contributed by atoms with E-state index in [1.54, 1.807) is 79.5 Å². The summed E-state index contributed by atoms with van der Waals surface area (Å²) in [5, 5.41) is 4.59. The lowest BCUT2D eigenvalue weighted by atomic mass is 9.68. The largest absolute Gasteiger partial charge is 0.497 e. The Balaban J connectivity index is 1.12. The molecule has 3 fully saturated rings. The minimum atomic E-state index is -0.469. The number of carbonyl (C=O) groups excluding carboxylic acids is 3. The Kier molecular flexibility index (Phi) is 7.63. The lowest BCUT2D eigenvalue weighted by molar-refractivity contribution is -0.123. The number of H-pyrrole nitrogens is 1. The lowest BCUT2D eigenvalue weighted by Crippen LogP contribution is -2.42. The van der Waals surface area contributed by atoms with E-state index in [0.717, 1.165) is 33.2 Å². The number of aromatic nitrogens is 1. The number of amides is 3. The van der Waals surface area contributed by atoms with Crippen LogP contribution in [0, 0.1) is 29.6 Å². The summed E-state index contributed by atoms with van der Waals surface area (Å²) in [5.41, 5.74) is 1.87. The van der Waals surface area contributed by atoms with Gasteiger partial charge in [0.25, 0.3) is 5.91 Å². The van der Waals surface area contributed by atoms with Crippen LogP contribution in [0.2, 0.25) is 10.0 Å². The van der Waals surface area contributed by atoms with Crippen LogP contribution in [0.15, 0.2) is 76.6 Å². The molecule has 3 heterocycles. The monoisotopic (exact) mass is 707 g/mol. The van der Waals surface area contributed by atoms with Crippen molar-refractivity contribution < 1.29 is 23.9 Å². The van der Waals surface area contributed by atoms with Crippen molar-refractivity contribution in [3.63, 3.8) is 0 Å². The number of thiazole rings is 1. The van der Waals surface area contributed by atoms with Crippen molar-refractivity contribution in [2.24, 2.45) is 29.6 Å². The van der Waals surface area contributed by atoms with E-state index >= 15 is 0 Å². The molecule has 2 aliphatic heterocycles. The molecule has 4 aromatic rings. The second-order valence-electron chi connectivity index (χ2n) is 12.2. The summed E-state index contributed by atoms with van der Waals surface area (Å²) >= 11 is 15.4. The predicted molar refractivity (Wildman–Crippen MR) is 181 cm³/mol. The summed E-state index contributed by atoms with van der Waals surface area (Å²) in [4.78, 5) is 58.6. The summed E-state index contributed by atoms with van der Waals surface area (Å²) in [6, 6.07) is 19.0. The number of fused-ring (bicyclic) bond motifs is 9. The SMILES string of the molecule is COc1ccc(NC(=O)COc2ccc(Cl)cc2[C@H]2c3sc(=O)[nH]c3SC3C4CC(C5C(=O)N(c6ccc(Cl)cc6)C(=O)C45)C32)cc1.